The Morgan fingerprint density at radius 2 is 1.83 bits per heavy atom. The van der Waals surface area contributed by atoms with Crippen LogP contribution in [0, 0.1) is 0 Å². The number of nitrogens with zero attached hydrogens (tertiary/aromatic N) is 2. The maximum absolute atomic E-state index is 6.13. The molecule has 1 aromatic heterocycles. The Bertz CT molecular complexity index is 603. The Morgan fingerprint density at radius 3 is 2.50 bits per heavy atom. The van der Waals surface area contributed by atoms with E-state index in [-0.39, 0.29) is 24.8 Å². The molecule has 136 valence electrons. The van der Waals surface area contributed by atoms with Crippen LogP contribution in [-0.4, -0.2) is 35.6 Å². The van der Waals surface area contributed by atoms with E-state index in [0.717, 1.165) is 42.6 Å². The largest absolute Gasteiger partial charge is 0.382 e. The van der Waals surface area contributed by atoms with Crippen molar-refractivity contribution in [1.29, 1.82) is 0 Å². The number of hydrogen-bond donors (Lipinski definition) is 1. The van der Waals surface area contributed by atoms with Crippen LogP contribution in [0.2, 0.25) is 5.15 Å². The van der Waals surface area contributed by atoms with E-state index in [1.54, 1.807) is 0 Å². The molecule has 1 unspecified atom stereocenters. The lowest BCUT2D eigenvalue weighted by molar-refractivity contribution is 0.295. The van der Waals surface area contributed by atoms with Crippen molar-refractivity contribution in [3.8, 4) is 0 Å². The second kappa shape index (κ2) is 11.8. The van der Waals surface area contributed by atoms with Gasteiger partial charge in [-0.2, -0.15) is 0 Å². The van der Waals surface area contributed by atoms with Gasteiger partial charge in [-0.1, -0.05) is 43.6 Å². The molecule has 0 fully saturated rings. The fraction of sp³-hybridized carbons (Fsp3) is 0.500. The molecule has 0 aliphatic carbocycles. The van der Waals surface area contributed by atoms with Crippen LogP contribution in [0.15, 0.2) is 30.3 Å². The highest BCUT2D eigenvalue weighted by atomic mass is 35.5. The second-order valence-electron chi connectivity index (χ2n) is 5.72. The van der Waals surface area contributed by atoms with Crippen LogP contribution in [-0.2, 0) is 0 Å². The van der Waals surface area contributed by atoms with Gasteiger partial charge in [-0.15, -0.1) is 24.8 Å². The molecule has 0 amide bonds. The molecule has 6 heteroatoms. The van der Waals surface area contributed by atoms with Crippen molar-refractivity contribution in [1.82, 2.24) is 9.88 Å². The summed E-state index contributed by atoms with van der Waals surface area (Å²) in [5.74, 6) is 0. The van der Waals surface area contributed by atoms with Crippen LogP contribution >= 0.6 is 36.4 Å². The molecule has 1 aromatic carbocycles. The SMILES string of the molecule is CCN(CC)CCCC(C)Nc1cc(Cl)nc2ccccc12.Cl.Cl. The minimum Gasteiger partial charge on any atom is -0.382 e. The Morgan fingerprint density at radius 1 is 1.17 bits per heavy atom. The predicted octanol–water partition coefficient (Wildman–Crippen LogP) is 5.65. The maximum atomic E-state index is 6.13. The van der Waals surface area contributed by atoms with Crippen molar-refractivity contribution in [2.45, 2.75) is 39.7 Å². The predicted molar refractivity (Wildman–Crippen MR) is 111 cm³/mol. The van der Waals surface area contributed by atoms with Crippen molar-refractivity contribution >= 4 is 53.0 Å². The number of rotatable bonds is 8. The Labute approximate surface area is 163 Å². The highest BCUT2D eigenvalue weighted by Crippen LogP contribution is 2.26. The molecule has 0 aliphatic rings. The average molecular weight is 393 g/mol. The van der Waals surface area contributed by atoms with Gasteiger partial charge in [0.15, 0.2) is 0 Å². The quantitative estimate of drug-likeness (QED) is 0.588. The number of hydrogen-bond acceptors (Lipinski definition) is 3. The minimum atomic E-state index is 0. The lowest BCUT2D eigenvalue weighted by Crippen LogP contribution is -2.25. The van der Waals surface area contributed by atoms with Gasteiger partial charge in [0.25, 0.3) is 0 Å². The first-order chi connectivity index (χ1) is 10.6. The molecule has 0 radical (unpaired) electrons. The Balaban J connectivity index is 0.00000264. The number of aromatic nitrogens is 1. The third-order valence-corrected chi connectivity index (χ3v) is 4.29. The molecule has 1 heterocycles. The number of anilines is 1. The number of nitrogens with one attached hydrogen (secondary N) is 1. The van der Waals surface area contributed by atoms with E-state index in [1.807, 2.05) is 24.3 Å². The van der Waals surface area contributed by atoms with Gasteiger partial charge in [-0.25, -0.2) is 4.98 Å². The summed E-state index contributed by atoms with van der Waals surface area (Å²) in [5.41, 5.74) is 2.01. The molecule has 0 saturated heterocycles. The Hall–Kier alpha value is -0.740. The van der Waals surface area contributed by atoms with Crippen LogP contribution in [0.3, 0.4) is 0 Å². The van der Waals surface area contributed by atoms with E-state index >= 15 is 0 Å². The third-order valence-electron chi connectivity index (χ3n) is 4.09. The molecule has 2 aromatic rings. The summed E-state index contributed by atoms with van der Waals surface area (Å²) in [6, 6.07) is 10.4. The zero-order chi connectivity index (χ0) is 15.9. The first kappa shape index (κ1) is 23.3. The van der Waals surface area contributed by atoms with Gasteiger partial charge in [0.05, 0.1) is 5.52 Å². The number of halogens is 3. The first-order valence-electron chi connectivity index (χ1n) is 8.18. The van der Waals surface area contributed by atoms with Crippen molar-refractivity contribution in [3.05, 3.63) is 35.5 Å². The summed E-state index contributed by atoms with van der Waals surface area (Å²) in [7, 11) is 0. The molecule has 0 spiro atoms. The minimum absolute atomic E-state index is 0. The van der Waals surface area contributed by atoms with Crippen molar-refractivity contribution in [2.75, 3.05) is 25.0 Å². The smallest absolute Gasteiger partial charge is 0.131 e. The lowest BCUT2D eigenvalue weighted by Gasteiger charge is -2.21. The van der Waals surface area contributed by atoms with Gasteiger partial charge >= 0.3 is 0 Å². The summed E-state index contributed by atoms with van der Waals surface area (Å²) in [6.45, 7) is 10.1. The van der Waals surface area contributed by atoms with E-state index in [1.165, 1.54) is 6.42 Å². The zero-order valence-corrected chi connectivity index (χ0v) is 17.0. The topological polar surface area (TPSA) is 28.2 Å². The van der Waals surface area contributed by atoms with Crippen molar-refractivity contribution in [3.63, 3.8) is 0 Å². The standard InChI is InChI=1S/C18H26ClN3.2ClH/c1-4-22(5-2)12-8-9-14(3)20-17-13-18(19)21-16-11-7-6-10-15(16)17;;/h6-7,10-11,13-14H,4-5,8-9,12H2,1-3H3,(H,20,21);2*1H. The number of para-hydroxylation sites is 1. The fourth-order valence-electron chi connectivity index (χ4n) is 2.76. The first-order valence-corrected chi connectivity index (χ1v) is 8.56. The maximum Gasteiger partial charge on any atom is 0.131 e. The average Bonchev–Trinajstić information content (AvgIpc) is 2.51. The van der Waals surface area contributed by atoms with E-state index < -0.39 is 0 Å². The molecule has 1 N–H and O–H groups in total. The van der Waals surface area contributed by atoms with Gasteiger partial charge in [0.1, 0.15) is 5.15 Å². The van der Waals surface area contributed by atoms with Crippen molar-refractivity contribution < 1.29 is 0 Å². The number of benzene rings is 1. The Kier molecular flexibility index (Phi) is 11.4. The van der Waals surface area contributed by atoms with E-state index in [9.17, 15) is 0 Å². The van der Waals surface area contributed by atoms with Gasteiger partial charge in [0, 0.05) is 17.1 Å². The molecule has 1 atom stereocenters. The van der Waals surface area contributed by atoms with Crippen LogP contribution in [0.25, 0.3) is 10.9 Å². The van der Waals surface area contributed by atoms with E-state index in [4.69, 9.17) is 11.6 Å². The number of pyridine rings is 1. The van der Waals surface area contributed by atoms with Gasteiger partial charge < -0.3 is 10.2 Å². The van der Waals surface area contributed by atoms with Crippen LogP contribution in [0.4, 0.5) is 5.69 Å². The highest BCUT2D eigenvalue weighted by Gasteiger charge is 2.08. The summed E-state index contributed by atoms with van der Waals surface area (Å²) >= 11 is 6.13. The van der Waals surface area contributed by atoms with Crippen LogP contribution in [0.5, 0.6) is 0 Å². The molecule has 0 aliphatic heterocycles. The molecule has 2 rings (SSSR count). The second-order valence-corrected chi connectivity index (χ2v) is 6.11. The molecule has 0 bridgehead atoms. The molecular formula is C18H28Cl3N3. The molecular weight excluding hydrogens is 365 g/mol. The normalized spacial score (nSPS) is 11.7. The van der Waals surface area contributed by atoms with Gasteiger partial charge in [-0.3, -0.25) is 0 Å². The van der Waals surface area contributed by atoms with Gasteiger partial charge in [0.2, 0.25) is 0 Å². The lowest BCUT2D eigenvalue weighted by atomic mass is 10.1. The van der Waals surface area contributed by atoms with Crippen molar-refractivity contribution in [2.24, 2.45) is 0 Å². The monoisotopic (exact) mass is 391 g/mol. The number of fused-ring (bicyclic) bond motifs is 1. The molecule has 24 heavy (non-hydrogen) atoms. The van der Waals surface area contributed by atoms with E-state index in [0.29, 0.717) is 11.2 Å². The van der Waals surface area contributed by atoms with Crippen LogP contribution < -0.4 is 5.32 Å². The summed E-state index contributed by atoms with van der Waals surface area (Å²) in [4.78, 5) is 6.83. The molecule has 3 nitrogen and oxygen atoms in total. The summed E-state index contributed by atoms with van der Waals surface area (Å²) in [5, 5.41) is 5.26. The molecule has 0 saturated carbocycles. The van der Waals surface area contributed by atoms with E-state index in [2.05, 4.69) is 42.0 Å². The third kappa shape index (κ3) is 6.64. The summed E-state index contributed by atoms with van der Waals surface area (Å²) < 4.78 is 0. The summed E-state index contributed by atoms with van der Waals surface area (Å²) in [6.07, 6.45) is 2.34. The fourth-order valence-corrected chi connectivity index (χ4v) is 2.96. The van der Waals surface area contributed by atoms with Crippen LogP contribution in [0.1, 0.15) is 33.6 Å². The van der Waals surface area contributed by atoms with Gasteiger partial charge in [-0.05, 0) is 51.5 Å². The zero-order valence-electron chi connectivity index (χ0n) is 14.6. The highest BCUT2D eigenvalue weighted by molar-refractivity contribution is 6.30.